The van der Waals surface area contributed by atoms with E-state index in [1.54, 1.807) is 0 Å². The molecule has 0 aliphatic heterocycles. The van der Waals surface area contributed by atoms with Crippen LogP contribution < -0.4 is 0 Å². The van der Waals surface area contributed by atoms with Gasteiger partial charge in [0.05, 0.1) is 0 Å². The van der Waals surface area contributed by atoms with Gasteiger partial charge in [0.2, 0.25) is 0 Å². The van der Waals surface area contributed by atoms with E-state index in [1.807, 2.05) is 38.1 Å². The highest BCUT2D eigenvalue weighted by molar-refractivity contribution is 6.37. The molecule has 0 amide bonds. The third kappa shape index (κ3) is 1.82. The summed E-state index contributed by atoms with van der Waals surface area (Å²) in [4.78, 5) is 0. The first-order valence-corrected chi connectivity index (χ1v) is 4.49. The molecule has 12 heavy (non-hydrogen) atoms. The monoisotopic (exact) mass is 200 g/mol. The third-order valence-corrected chi connectivity index (χ3v) is 2.42. The van der Waals surface area contributed by atoms with Crippen LogP contribution in [0.5, 0.6) is 0 Å². The molecule has 0 atom stereocenters. The van der Waals surface area contributed by atoms with Gasteiger partial charge in [-0.1, -0.05) is 35.3 Å². The second-order valence-corrected chi connectivity index (χ2v) is 3.38. The van der Waals surface area contributed by atoms with Gasteiger partial charge < -0.3 is 0 Å². The molecule has 1 rings (SSSR count). The van der Waals surface area contributed by atoms with Crippen molar-refractivity contribution < 1.29 is 0 Å². The van der Waals surface area contributed by atoms with Crippen molar-refractivity contribution in [2.75, 3.05) is 0 Å². The van der Waals surface area contributed by atoms with Crippen LogP contribution in [0.25, 0.3) is 5.57 Å². The Balaban J connectivity index is 3.31. The summed E-state index contributed by atoms with van der Waals surface area (Å²) in [6.07, 6.45) is 1.99. The molecular formula is C10H10Cl2. The Morgan fingerprint density at radius 2 is 1.75 bits per heavy atom. The summed E-state index contributed by atoms with van der Waals surface area (Å²) >= 11 is 12.0. The maximum atomic E-state index is 5.98. The fraction of sp³-hybridized carbons (Fsp3) is 0.200. The molecule has 0 aliphatic carbocycles. The zero-order chi connectivity index (χ0) is 9.14. The Bertz CT molecular complexity index is 293. The van der Waals surface area contributed by atoms with Gasteiger partial charge in [0.25, 0.3) is 0 Å². The lowest BCUT2D eigenvalue weighted by molar-refractivity contribution is 1.54. The van der Waals surface area contributed by atoms with Crippen LogP contribution in [0.4, 0.5) is 0 Å². The van der Waals surface area contributed by atoms with E-state index in [-0.39, 0.29) is 0 Å². The molecule has 0 spiro atoms. The molecule has 0 unspecified atom stereocenters. The molecular weight excluding hydrogens is 191 g/mol. The summed E-state index contributed by atoms with van der Waals surface area (Å²) in [5, 5.41) is 1.41. The summed E-state index contributed by atoms with van der Waals surface area (Å²) in [7, 11) is 0. The zero-order valence-electron chi connectivity index (χ0n) is 7.07. The quantitative estimate of drug-likeness (QED) is 0.630. The molecule has 0 aliphatic rings. The van der Waals surface area contributed by atoms with Crippen LogP contribution in [0.3, 0.4) is 0 Å². The Morgan fingerprint density at radius 1 is 1.25 bits per heavy atom. The summed E-state index contributed by atoms with van der Waals surface area (Å²) in [6, 6.07) is 5.53. The van der Waals surface area contributed by atoms with Gasteiger partial charge in [0, 0.05) is 15.6 Å². The smallest absolute Gasteiger partial charge is 0.0495 e. The second-order valence-electron chi connectivity index (χ2n) is 2.57. The molecule has 0 bridgehead atoms. The summed E-state index contributed by atoms with van der Waals surface area (Å²) < 4.78 is 0. The molecule has 0 saturated heterocycles. The van der Waals surface area contributed by atoms with E-state index in [1.165, 1.54) is 0 Å². The first kappa shape index (κ1) is 9.63. The summed E-state index contributed by atoms with van der Waals surface area (Å²) in [6.45, 7) is 3.96. The van der Waals surface area contributed by atoms with Crippen LogP contribution in [0.2, 0.25) is 10.0 Å². The highest BCUT2D eigenvalue weighted by atomic mass is 35.5. The minimum Gasteiger partial charge on any atom is -0.0840 e. The minimum atomic E-state index is 0.707. The van der Waals surface area contributed by atoms with Gasteiger partial charge in [-0.05, 0) is 31.6 Å². The minimum absolute atomic E-state index is 0.707. The molecule has 0 saturated carbocycles. The van der Waals surface area contributed by atoms with Crippen molar-refractivity contribution >= 4 is 28.8 Å². The van der Waals surface area contributed by atoms with Crippen molar-refractivity contribution in [1.82, 2.24) is 0 Å². The lowest BCUT2D eigenvalue weighted by Crippen LogP contribution is -1.82. The first-order valence-electron chi connectivity index (χ1n) is 3.74. The largest absolute Gasteiger partial charge is 0.0840 e. The lowest BCUT2D eigenvalue weighted by atomic mass is 10.1. The van der Waals surface area contributed by atoms with E-state index in [0.29, 0.717) is 10.0 Å². The van der Waals surface area contributed by atoms with Gasteiger partial charge in [-0.25, -0.2) is 0 Å². The fourth-order valence-electron chi connectivity index (χ4n) is 1.02. The summed E-state index contributed by atoms with van der Waals surface area (Å²) in [5.41, 5.74) is 2.04. The van der Waals surface area contributed by atoms with Crippen molar-refractivity contribution in [3.63, 3.8) is 0 Å². The Labute approximate surface area is 82.8 Å². The molecule has 0 radical (unpaired) electrons. The second kappa shape index (κ2) is 3.97. The zero-order valence-corrected chi connectivity index (χ0v) is 8.58. The predicted molar refractivity (Wildman–Crippen MR) is 55.8 cm³/mol. The first-order chi connectivity index (χ1) is 5.66. The molecule has 0 aromatic heterocycles. The van der Waals surface area contributed by atoms with Crippen molar-refractivity contribution in [2.24, 2.45) is 0 Å². The number of rotatable bonds is 1. The Hall–Kier alpha value is -0.460. The lowest BCUT2D eigenvalue weighted by Gasteiger charge is -2.05. The van der Waals surface area contributed by atoms with Crippen molar-refractivity contribution in [2.45, 2.75) is 13.8 Å². The van der Waals surface area contributed by atoms with Crippen LogP contribution in [-0.2, 0) is 0 Å². The Morgan fingerprint density at radius 3 is 2.17 bits per heavy atom. The summed E-state index contributed by atoms with van der Waals surface area (Å²) in [5.74, 6) is 0. The maximum Gasteiger partial charge on any atom is 0.0495 e. The number of benzene rings is 1. The molecule has 0 nitrogen and oxygen atoms in total. The SMILES string of the molecule is C/C=C(\C)c1c(Cl)cccc1Cl. The standard InChI is InChI=1S/C10H10Cl2/c1-3-7(2)10-8(11)5-4-6-9(10)12/h3-6H,1-2H3/b7-3+. The van der Waals surface area contributed by atoms with Crippen LogP contribution in [0.15, 0.2) is 24.3 Å². The molecule has 1 aromatic carbocycles. The molecule has 0 N–H and O–H groups in total. The van der Waals surface area contributed by atoms with E-state index in [0.717, 1.165) is 11.1 Å². The number of hydrogen-bond acceptors (Lipinski definition) is 0. The molecule has 64 valence electrons. The van der Waals surface area contributed by atoms with Gasteiger partial charge in [0.15, 0.2) is 0 Å². The van der Waals surface area contributed by atoms with E-state index < -0.39 is 0 Å². The van der Waals surface area contributed by atoms with Gasteiger partial charge >= 0.3 is 0 Å². The highest BCUT2D eigenvalue weighted by Crippen LogP contribution is 2.30. The average Bonchev–Trinajstić information content (AvgIpc) is 2.03. The van der Waals surface area contributed by atoms with E-state index in [9.17, 15) is 0 Å². The van der Waals surface area contributed by atoms with Crippen molar-refractivity contribution in [3.05, 3.63) is 39.9 Å². The molecule has 2 heteroatoms. The average molecular weight is 201 g/mol. The van der Waals surface area contributed by atoms with E-state index >= 15 is 0 Å². The number of halogens is 2. The normalized spacial score (nSPS) is 11.8. The van der Waals surface area contributed by atoms with Crippen LogP contribution >= 0.6 is 23.2 Å². The van der Waals surface area contributed by atoms with Gasteiger partial charge in [-0.3, -0.25) is 0 Å². The van der Waals surface area contributed by atoms with Crippen molar-refractivity contribution in [1.29, 1.82) is 0 Å². The van der Waals surface area contributed by atoms with Crippen LogP contribution in [0.1, 0.15) is 19.4 Å². The Kier molecular flexibility index (Phi) is 3.19. The van der Waals surface area contributed by atoms with Crippen LogP contribution in [0, 0.1) is 0 Å². The molecule has 1 aromatic rings. The van der Waals surface area contributed by atoms with E-state index in [4.69, 9.17) is 23.2 Å². The topological polar surface area (TPSA) is 0 Å². The van der Waals surface area contributed by atoms with Crippen LogP contribution in [-0.4, -0.2) is 0 Å². The van der Waals surface area contributed by atoms with E-state index in [2.05, 4.69) is 0 Å². The maximum absolute atomic E-state index is 5.98. The van der Waals surface area contributed by atoms with Crippen molar-refractivity contribution in [3.8, 4) is 0 Å². The highest BCUT2D eigenvalue weighted by Gasteiger charge is 2.05. The third-order valence-electron chi connectivity index (χ3n) is 1.79. The van der Waals surface area contributed by atoms with Gasteiger partial charge in [-0.2, -0.15) is 0 Å². The molecule has 0 heterocycles. The number of allylic oxidation sites excluding steroid dienone is 2. The predicted octanol–water partition coefficient (Wildman–Crippen LogP) is 4.42. The van der Waals surface area contributed by atoms with Gasteiger partial charge in [-0.15, -0.1) is 0 Å². The number of hydrogen-bond donors (Lipinski definition) is 0. The van der Waals surface area contributed by atoms with Gasteiger partial charge in [0.1, 0.15) is 0 Å². The fourth-order valence-corrected chi connectivity index (χ4v) is 1.71. The molecule has 0 fully saturated rings.